The van der Waals surface area contributed by atoms with E-state index >= 15 is 0 Å². The van der Waals surface area contributed by atoms with E-state index < -0.39 is 0 Å². The fourth-order valence-electron chi connectivity index (χ4n) is 1.70. The minimum absolute atomic E-state index is 0.772. The lowest BCUT2D eigenvalue weighted by Gasteiger charge is -2.10. The number of benzene rings is 1. The van der Waals surface area contributed by atoms with Crippen molar-refractivity contribution in [2.24, 2.45) is 0 Å². The first-order valence-corrected chi connectivity index (χ1v) is 4.87. The molecule has 0 heterocycles. The molecule has 0 radical (unpaired) electrons. The molecular formula is C12H16O. The third-order valence-electron chi connectivity index (χ3n) is 2.86. The third kappa shape index (κ3) is 1.55. The van der Waals surface area contributed by atoms with Crippen LogP contribution < -0.4 is 4.74 Å². The van der Waals surface area contributed by atoms with Gasteiger partial charge in [0.25, 0.3) is 0 Å². The van der Waals surface area contributed by atoms with Crippen molar-refractivity contribution in [3.8, 4) is 5.75 Å². The molecule has 13 heavy (non-hydrogen) atoms. The second-order valence-electron chi connectivity index (χ2n) is 3.95. The summed E-state index contributed by atoms with van der Waals surface area (Å²) in [7, 11) is 1.76. The maximum atomic E-state index is 5.38. The van der Waals surface area contributed by atoms with Gasteiger partial charge in [-0.1, -0.05) is 6.07 Å². The van der Waals surface area contributed by atoms with Crippen molar-refractivity contribution >= 4 is 0 Å². The molecule has 1 fully saturated rings. The monoisotopic (exact) mass is 176 g/mol. The van der Waals surface area contributed by atoms with Crippen molar-refractivity contribution in [2.75, 3.05) is 7.11 Å². The normalized spacial score (nSPS) is 15.9. The highest BCUT2D eigenvalue weighted by Gasteiger charge is 2.26. The van der Waals surface area contributed by atoms with Crippen LogP contribution in [0.5, 0.6) is 5.75 Å². The smallest absolute Gasteiger partial charge is 0.122 e. The topological polar surface area (TPSA) is 9.23 Å². The van der Waals surface area contributed by atoms with Crippen LogP contribution in [0, 0.1) is 13.8 Å². The van der Waals surface area contributed by atoms with Crippen LogP contribution >= 0.6 is 0 Å². The van der Waals surface area contributed by atoms with Crippen LogP contribution in [0.15, 0.2) is 12.1 Å². The van der Waals surface area contributed by atoms with Crippen LogP contribution in [-0.2, 0) is 0 Å². The maximum Gasteiger partial charge on any atom is 0.122 e. The minimum Gasteiger partial charge on any atom is -0.496 e. The van der Waals surface area contributed by atoms with E-state index in [0.717, 1.165) is 11.7 Å². The molecule has 0 spiro atoms. The summed E-state index contributed by atoms with van der Waals surface area (Å²) in [6, 6.07) is 4.44. The quantitative estimate of drug-likeness (QED) is 0.672. The molecule has 1 saturated carbocycles. The van der Waals surface area contributed by atoms with Gasteiger partial charge in [-0.3, -0.25) is 0 Å². The molecule has 70 valence electrons. The predicted octanol–water partition coefficient (Wildman–Crippen LogP) is 3.19. The number of methoxy groups -OCH3 is 1. The fourth-order valence-corrected chi connectivity index (χ4v) is 1.70. The standard InChI is InChI=1S/C12H16O/c1-8-6-11(10-4-5-10)12(13-3)7-9(8)2/h6-7,10H,4-5H2,1-3H3. The van der Waals surface area contributed by atoms with E-state index in [0.29, 0.717) is 0 Å². The highest BCUT2D eigenvalue weighted by atomic mass is 16.5. The first kappa shape index (κ1) is 8.61. The molecular weight excluding hydrogens is 160 g/mol. The Bertz CT molecular complexity index is 324. The van der Waals surface area contributed by atoms with Crippen LogP contribution in [0.4, 0.5) is 0 Å². The molecule has 0 aromatic heterocycles. The fraction of sp³-hybridized carbons (Fsp3) is 0.500. The molecule has 0 atom stereocenters. The van der Waals surface area contributed by atoms with Crippen molar-refractivity contribution in [3.05, 3.63) is 28.8 Å². The zero-order valence-electron chi connectivity index (χ0n) is 8.55. The van der Waals surface area contributed by atoms with Crippen LogP contribution in [0.25, 0.3) is 0 Å². The van der Waals surface area contributed by atoms with Crippen molar-refractivity contribution in [1.82, 2.24) is 0 Å². The molecule has 0 saturated heterocycles. The molecule has 1 heteroatoms. The van der Waals surface area contributed by atoms with E-state index in [1.54, 1.807) is 7.11 Å². The Hall–Kier alpha value is -0.980. The van der Waals surface area contributed by atoms with Gasteiger partial charge in [-0.05, 0) is 55.4 Å². The molecule has 2 rings (SSSR count). The molecule has 0 bridgehead atoms. The van der Waals surface area contributed by atoms with Crippen LogP contribution in [0.1, 0.15) is 35.4 Å². The van der Waals surface area contributed by atoms with Crippen molar-refractivity contribution in [3.63, 3.8) is 0 Å². The van der Waals surface area contributed by atoms with Crippen molar-refractivity contribution < 1.29 is 4.74 Å². The molecule has 0 N–H and O–H groups in total. The summed E-state index contributed by atoms with van der Waals surface area (Å²) in [5, 5.41) is 0. The van der Waals surface area contributed by atoms with E-state index in [9.17, 15) is 0 Å². The zero-order chi connectivity index (χ0) is 9.42. The molecule has 0 amide bonds. The van der Waals surface area contributed by atoms with Crippen molar-refractivity contribution in [1.29, 1.82) is 0 Å². The molecule has 1 aliphatic carbocycles. The van der Waals surface area contributed by atoms with Gasteiger partial charge in [0, 0.05) is 0 Å². The largest absolute Gasteiger partial charge is 0.496 e. The van der Waals surface area contributed by atoms with Gasteiger partial charge < -0.3 is 4.74 Å². The Balaban J connectivity index is 2.46. The first-order chi connectivity index (χ1) is 6.22. The number of rotatable bonds is 2. The lowest BCUT2D eigenvalue weighted by molar-refractivity contribution is 0.409. The molecule has 1 aromatic carbocycles. The molecule has 0 unspecified atom stereocenters. The van der Waals surface area contributed by atoms with Crippen LogP contribution in [0.2, 0.25) is 0 Å². The van der Waals surface area contributed by atoms with Gasteiger partial charge in [-0.2, -0.15) is 0 Å². The Morgan fingerprint density at radius 3 is 2.31 bits per heavy atom. The molecule has 1 nitrogen and oxygen atoms in total. The predicted molar refractivity (Wildman–Crippen MR) is 54.4 cm³/mol. The number of hydrogen-bond donors (Lipinski definition) is 0. The SMILES string of the molecule is COc1cc(C)c(C)cc1C1CC1. The van der Waals surface area contributed by atoms with Gasteiger partial charge in [0.2, 0.25) is 0 Å². The van der Waals surface area contributed by atoms with Gasteiger partial charge in [-0.15, -0.1) is 0 Å². The highest BCUT2D eigenvalue weighted by molar-refractivity contribution is 5.45. The average Bonchev–Trinajstić information content (AvgIpc) is 2.92. The van der Waals surface area contributed by atoms with E-state index in [1.165, 1.54) is 29.5 Å². The second-order valence-corrected chi connectivity index (χ2v) is 3.95. The number of ether oxygens (including phenoxy) is 1. The Morgan fingerprint density at radius 2 is 1.77 bits per heavy atom. The minimum atomic E-state index is 0.772. The van der Waals surface area contributed by atoms with E-state index in [4.69, 9.17) is 4.74 Å². The Morgan fingerprint density at radius 1 is 1.15 bits per heavy atom. The summed E-state index contributed by atoms with van der Waals surface area (Å²) in [5.41, 5.74) is 4.11. The lowest BCUT2D eigenvalue weighted by Crippen LogP contribution is -1.93. The maximum absolute atomic E-state index is 5.38. The number of hydrogen-bond acceptors (Lipinski definition) is 1. The van der Waals surface area contributed by atoms with Gasteiger partial charge in [-0.25, -0.2) is 0 Å². The lowest BCUT2D eigenvalue weighted by atomic mass is 10.0. The molecule has 1 aromatic rings. The summed E-state index contributed by atoms with van der Waals surface area (Å²) >= 11 is 0. The molecule has 1 aliphatic rings. The Labute approximate surface area is 79.7 Å². The highest BCUT2D eigenvalue weighted by Crippen LogP contribution is 2.44. The van der Waals surface area contributed by atoms with Gasteiger partial charge >= 0.3 is 0 Å². The first-order valence-electron chi connectivity index (χ1n) is 4.87. The number of aryl methyl sites for hydroxylation is 2. The summed E-state index contributed by atoms with van der Waals surface area (Å²) < 4.78 is 5.38. The van der Waals surface area contributed by atoms with Crippen LogP contribution in [0.3, 0.4) is 0 Å². The van der Waals surface area contributed by atoms with E-state index in [2.05, 4.69) is 26.0 Å². The zero-order valence-corrected chi connectivity index (χ0v) is 8.55. The van der Waals surface area contributed by atoms with E-state index in [-0.39, 0.29) is 0 Å². The van der Waals surface area contributed by atoms with E-state index in [1.807, 2.05) is 0 Å². The second kappa shape index (κ2) is 3.06. The summed E-state index contributed by atoms with van der Waals surface area (Å²) in [6.07, 6.45) is 2.66. The average molecular weight is 176 g/mol. The Kier molecular flexibility index (Phi) is 2.03. The van der Waals surface area contributed by atoms with Crippen molar-refractivity contribution in [2.45, 2.75) is 32.6 Å². The third-order valence-corrected chi connectivity index (χ3v) is 2.86. The summed E-state index contributed by atoms with van der Waals surface area (Å²) in [6.45, 7) is 4.30. The van der Waals surface area contributed by atoms with Gasteiger partial charge in [0.05, 0.1) is 7.11 Å². The summed E-state index contributed by atoms with van der Waals surface area (Å²) in [4.78, 5) is 0. The molecule has 0 aliphatic heterocycles. The summed E-state index contributed by atoms with van der Waals surface area (Å²) in [5.74, 6) is 1.85. The van der Waals surface area contributed by atoms with Gasteiger partial charge in [0.1, 0.15) is 5.75 Å². The van der Waals surface area contributed by atoms with Gasteiger partial charge in [0.15, 0.2) is 0 Å². The van der Waals surface area contributed by atoms with Crippen LogP contribution in [-0.4, -0.2) is 7.11 Å².